The van der Waals surface area contributed by atoms with Crippen molar-refractivity contribution >= 4 is 34.6 Å². The van der Waals surface area contributed by atoms with Crippen molar-refractivity contribution in [3.63, 3.8) is 0 Å². The molecule has 0 aliphatic carbocycles. The van der Waals surface area contributed by atoms with Gasteiger partial charge in [0, 0.05) is 34.9 Å². The molecule has 0 aromatic heterocycles. The van der Waals surface area contributed by atoms with Crippen LogP contribution in [0.15, 0.2) is 48.3 Å². The molecule has 1 aromatic rings. The van der Waals surface area contributed by atoms with Gasteiger partial charge in [0.05, 0.1) is 0 Å². The minimum atomic E-state index is -0.377. The summed E-state index contributed by atoms with van der Waals surface area (Å²) in [4.78, 5) is 11.5. The van der Waals surface area contributed by atoms with Crippen LogP contribution in [0.5, 0.6) is 0 Å². The van der Waals surface area contributed by atoms with Gasteiger partial charge in [-0.15, -0.1) is 0 Å². The largest absolute Gasteiger partial charge is 0.300 e. The van der Waals surface area contributed by atoms with Crippen LogP contribution in [0.2, 0.25) is 10.0 Å². The van der Waals surface area contributed by atoms with Gasteiger partial charge in [0.1, 0.15) is 11.6 Å². The van der Waals surface area contributed by atoms with Crippen molar-refractivity contribution in [2.24, 2.45) is 0 Å². The first kappa shape index (κ1) is 19.7. The third kappa shape index (κ3) is 6.72. The summed E-state index contributed by atoms with van der Waals surface area (Å²) in [5.41, 5.74) is 1.87. The van der Waals surface area contributed by atoms with Crippen LogP contribution in [-0.4, -0.2) is 5.78 Å². The van der Waals surface area contributed by atoms with Gasteiger partial charge in [0.25, 0.3) is 0 Å². The van der Waals surface area contributed by atoms with Crippen LogP contribution in [0.1, 0.15) is 45.1 Å². The maximum absolute atomic E-state index is 14.2. The Hall–Kier alpha value is -1.38. The molecular formula is C19H21Cl2FO. The van der Waals surface area contributed by atoms with Crippen LogP contribution in [0.4, 0.5) is 4.39 Å². The standard InChI is InChI=1S/C19H21Cl2FO/c1-4-6-16(23)10-9-15(22)12-14(11-13(2)3)19-17(20)7-5-8-18(19)21/h5,7-8,11-12H,2,4,6,9-10H2,1,3H3/b14-11+,15-12-. The molecule has 23 heavy (non-hydrogen) atoms. The topological polar surface area (TPSA) is 17.1 Å². The van der Waals surface area contributed by atoms with E-state index in [1.807, 2.05) is 6.92 Å². The normalized spacial score (nSPS) is 12.4. The van der Waals surface area contributed by atoms with E-state index >= 15 is 0 Å². The number of hydrogen-bond acceptors (Lipinski definition) is 1. The average Bonchev–Trinajstić information content (AvgIpc) is 2.44. The van der Waals surface area contributed by atoms with E-state index in [0.717, 1.165) is 12.0 Å². The minimum absolute atomic E-state index is 0.0669. The van der Waals surface area contributed by atoms with Crippen LogP contribution in [0, 0.1) is 0 Å². The van der Waals surface area contributed by atoms with E-state index in [4.69, 9.17) is 23.2 Å². The van der Waals surface area contributed by atoms with Crippen LogP contribution in [0.3, 0.4) is 0 Å². The van der Waals surface area contributed by atoms with Crippen LogP contribution >= 0.6 is 23.2 Å². The first-order valence-electron chi connectivity index (χ1n) is 7.54. The Morgan fingerprint density at radius 1 is 1.17 bits per heavy atom. The van der Waals surface area contributed by atoms with Crippen molar-refractivity contribution in [1.29, 1.82) is 0 Å². The summed E-state index contributed by atoms with van der Waals surface area (Å²) in [5, 5.41) is 0.882. The zero-order valence-corrected chi connectivity index (χ0v) is 15.0. The fourth-order valence-corrected chi connectivity index (χ4v) is 2.74. The molecule has 0 fully saturated rings. The van der Waals surface area contributed by atoms with Gasteiger partial charge in [-0.05, 0) is 37.1 Å². The van der Waals surface area contributed by atoms with Crippen molar-refractivity contribution in [2.75, 3.05) is 0 Å². The molecule has 0 saturated heterocycles. The number of hydrogen-bond donors (Lipinski definition) is 0. The lowest BCUT2D eigenvalue weighted by Gasteiger charge is -2.09. The molecule has 0 saturated carbocycles. The first-order chi connectivity index (χ1) is 10.8. The second-order valence-electron chi connectivity index (χ2n) is 5.42. The summed E-state index contributed by atoms with van der Waals surface area (Å²) in [6.45, 7) is 7.55. The summed E-state index contributed by atoms with van der Waals surface area (Å²) in [6.07, 6.45) is 4.64. The predicted molar refractivity (Wildman–Crippen MR) is 97.6 cm³/mol. The van der Waals surface area contributed by atoms with Gasteiger partial charge in [-0.25, -0.2) is 4.39 Å². The van der Waals surface area contributed by atoms with E-state index in [9.17, 15) is 9.18 Å². The Morgan fingerprint density at radius 2 is 1.78 bits per heavy atom. The van der Waals surface area contributed by atoms with Crippen molar-refractivity contribution < 1.29 is 9.18 Å². The van der Waals surface area contributed by atoms with Gasteiger partial charge in [-0.1, -0.05) is 54.4 Å². The highest BCUT2D eigenvalue weighted by Crippen LogP contribution is 2.33. The number of Topliss-reactive ketones (excluding diaryl/α,β-unsaturated/α-hetero) is 1. The summed E-state index contributed by atoms with van der Waals surface area (Å²) in [6, 6.07) is 5.13. The Balaban J connectivity index is 3.07. The number of allylic oxidation sites excluding steroid dienone is 5. The Kier molecular flexibility index (Phi) is 8.29. The van der Waals surface area contributed by atoms with Crippen molar-refractivity contribution in [3.8, 4) is 0 Å². The molecule has 0 bridgehead atoms. The highest BCUT2D eigenvalue weighted by atomic mass is 35.5. The fourth-order valence-electron chi connectivity index (χ4n) is 2.13. The number of carbonyl (C=O) groups excluding carboxylic acids is 1. The number of rotatable bonds is 8. The monoisotopic (exact) mass is 354 g/mol. The Morgan fingerprint density at radius 3 is 2.30 bits per heavy atom. The number of benzene rings is 1. The van der Waals surface area contributed by atoms with E-state index in [-0.39, 0.29) is 24.5 Å². The Labute approximate surface area is 147 Å². The van der Waals surface area contributed by atoms with Gasteiger partial charge >= 0.3 is 0 Å². The first-order valence-corrected chi connectivity index (χ1v) is 8.30. The molecule has 0 heterocycles. The molecular weight excluding hydrogens is 334 g/mol. The van der Waals surface area contributed by atoms with Gasteiger partial charge in [0.2, 0.25) is 0 Å². The maximum Gasteiger partial charge on any atom is 0.133 e. The molecule has 124 valence electrons. The number of ketones is 1. The summed E-state index contributed by atoms with van der Waals surface area (Å²) in [7, 11) is 0. The fraction of sp³-hybridized carbons (Fsp3) is 0.316. The molecule has 1 rings (SSSR count). The highest BCUT2D eigenvalue weighted by molar-refractivity contribution is 6.37. The van der Waals surface area contributed by atoms with Gasteiger partial charge in [-0.2, -0.15) is 0 Å². The maximum atomic E-state index is 14.2. The second-order valence-corrected chi connectivity index (χ2v) is 6.24. The third-order valence-corrected chi connectivity index (χ3v) is 3.77. The third-order valence-electron chi connectivity index (χ3n) is 3.14. The highest BCUT2D eigenvalue weighted by Gasteiger charge is 2.11. The average molecular weight is 355 g/mol. The van der Waals surface area contributed by atoms with Gasteiger partial charge in [0.15, 0.2) is 0 Å². The molecule has 1 aromatic carbocycles. The van der Waals surface area contributed by atoms with E-state index in [1.165, 1.54) is 6.08 Å². The van der Waals surface area contributed by atoms with Crippen molar-refractivity contribution in [3.05, 3.63) is 63.9 Å². The summed E-state index contributed by atoms with van der Waals surface area (Å²) < 4.78 is 14.2. The van der Waals surface area contributed by atoms with Crippen molar-refractivity contribution in [2.45, 2.75) is 39.5 Å². The SMILES string of the molecule is C=C(C)/C=C(\C=C(/F)CCC(=O)CCC)c1c(Cl)cccc1Cl. The van der Waals surface area contributed by atoms with E-state index < -0.39 is 0 Å². The van der Waals surface area contributed by atoms with Crippen LogP contribution in [-0.2, 0) is 4.79 Å². The summed E-state index contributed by atoms with van der Waals surface area (Å²) in [5.74, 6) is -0.310. The minimum Gasteiger partial charge on any atom is -0.300 e. The zero-order chi connectivity index (χ0) is 17.4. The lowest BCUT2D eigenvalue weighted by molar-refractivity contribution is -0.119. The molecule has 4 heteroatoms. The molecule has 1 nitrogen and oxygen atoms in total. The lowest BCUT2D eigenvalue weighted by Crippen LogP contribution is -1.96. The molecule has 0 spiro atoms. The second kappa shape index (κ2) is 9.69. The van der Waals surface area contributed by atoms with Crippen LogP contribution < -0.4 is 0 Å². The molecule has 0 aliphatic rings. The zero-order valence-electron chi connectivity index (χ0n) is 13.5. The van der Waals surface area contributed by atoms with Crippen molar-refractivity contribution in [1.82, 2.24) is 0 Å². The smallest absolute Gasteiger partial charge is 0.133 e. The van der Waals surface area contributed by atoms with E-state index in [1.54, 1.807) is 31.2 Å². The predicted octanol–water partition coefficient (Wildman–Crippen LogP) is 6.96. The number of halogens is 3. The lowest BCUT2D eigenvalue weighted by atomic mass is 10.0. The molecule has 0 atom stereocenters. The quantitative estimate of drug-likeness (QED) is 0.461. The van der Waals surface area contributed by atoms with Crippen LogP contribution in [0.25, 0.3) is 5.57 Å². The van der Waals surface area contributed by atoms with Gasteiger partial charge < -0.3 is 0 Å². The van der Waals surface area contributed by atoms with Gasteiger partial charge in [-0.3, -0.25) is 4.79 Å². The Bertz CT molecular complexity index is 625. The molecule has 0 radical (unpaired) electrons. The van der Waals surface area contributed by atoms with E-state index in [0.29, 0.717) is 27.6 Å². The number of carbonyl (C=O) groups is 1. The molecule has 0 N–H and O–H groups in total. The molecule has 0 amide bonds. The molecule has 0 unspecified atom stereocenters. The van der Waals surface area contributed by atoms with E-state index in [2.05, 4.69) is 6.58 Å². The summed E-state index contributed by atoms with van der Waals surface area (Å²) >= 11 is 12.4. The molecule has 0 aliphatic heterocycles.